The Hall–Kier alpha value is -0.120. The molecule has 102 valence electrons. The van der Waals surface area contributed by atoms with Crippen molar-refractivity contribution in [2.75, 3.05) is 26.2 Å². The minimum absolute atomic E-state index is 0.258. The molecule has 3 nitrogen and oxygen atoms in total. The van der Waals surface area contributed by atoms with Crippen molar-refractivity contribution >= 4 is 0 Å². The van der Waals surface area contributed by atoms with Crippen molar-refractivity contribution in [2.45, 2.75) is 52.0 Å². The van der Waals surface area contributed by atoms with E-state index in [1.807, 2.05) is 0 Å². The fourth-order valence-electron chi connectivity index (χ4n) is 3.12. The van der Waals surface area contributed by atoms with E-state index >= 15 is 0 Å². The van der Waals surface area contributed by atoms with Crippen LogP contribution in [0.3, 0.4) is 0 Å². The van der Waals surface area contributed by atoms with E-state index in [1.54, 1.807) is 0 Å². The molecule has 0 spiro atoms. The van der Waals surface area contributed by atoms with Crippen LogP contribution in [0.25, 0.3) is 0 Å². The van der Waals surface area contributed by atoms with Crippen molar-refractivity contribution in [3.63, 3.8) is 0 Å². The number of nitrogens with zero attached hydrogens (tertiary/aromatic N) is 1. The molecule has 0 radical (unpaired) electrons. The molecule has 17 heavy (non-hydrogen) atoms. The van der Waals surface area contributed by atoms with Crippen LogP contribution in [-0.2, 0) is 0 Å². The van der Waals surface area contributed by atoms with Crippen molar-refractivity contribution in [2.24, 2.45) is 17.6 Å². The summed E-state index contributed by atoms with van der Waals surface area (Å²) in [6, 6.07) is 0.371. The monoisotopic (exact) mass is 242 g/mol. The van der Waals surface area contributed by atoms with Gasteiger partial charge in [0.1, 0.15) is 0 Å². The maximum Gasteiger partial charge on any atom is 0.0558 e. The predicted molar refractivity (Wildman–Crippen MR) is 72.9 cm³/mol. The highest BCUT2D eigenvalue weighted by Gasteiger charge is 2.28. The minimum atomic E-state index is 0.258. The summed E-state index contributed by atoms with van der Waals surface area (Å²) >= 11 is 0. The van der Waals surface area contributed by atoms with E-state index in [-0.39, 0.29) is 6.61 Å². The van der Waals surface area contributed by atoms with Gasteiger partial charge in [-0.1, -0.05) is 26.7 Å². The Morgan fingerprint density at radius 3 is 2.65 bits per heavy atom. The highest BCUT2D eigenvalue weighted by Crippen LogP contribution is 2.31. The molecule has 1 saturated carbocycles. The Kier molecular flexibility index (Phi) is 7.09. The normalized spacial score (nSPS) is 29.8. The predicted octanol–water partition coefficient (Wildman–Crippen LogP) is 1.84. The number of rotatable bonds is 7. The molecule has 0 bridgehead atoms. The summed E-state index contributed by atoms with van der Waals surface area (Å²) in [6.07, 6.45) is 6.44. The van der Waals surface area contributed by atoms with E-state index in [1.165, 1.54) is 32.1 Å². The molecule has 3 atom stereocenters. The van der Waals surface area contributed by atoms with Gasteiger partial charge in [0.2, 0.25) is 0 Å². The van der Waals surface area contributed by atoms with Gasteiger partial charge in [-0.2, -0.15) is 0 Å². The third-order valence-electron chi connectivity index (χ3n) is 4.20. The molecule has 0 amide bonds. The second-order valence-electron chi connectivity index (χ2n) is 5.51. The van der Waals surface area contributed by atoms with Gasteiger partial charge in [0.25, 0.3) is 0 Å². The van der Waals surface area contributed by atoms with Crippen LogP contribution in [-0.4, -0.2) is 42.3 Å². The summed E-state index contributed by atoms with van der Waals surface area (Å²) < 4.78 is 0. The van der Waals surface area contributed by atoms with Gasteiger partial charge in [-0.05, 0) is 37.6 Å². The van der Waals surface area contributed by atoms with Crippen LogP contribution in [0.15, 0.2) is 0 Å². The number of likely N-dealkylation sites (N-methyl/N-ethyl adjacent to an activating group) is 1. The summed E-state index contributed by atoms with van der Waals surface area (Å²) in [6.45, 7) is 7.56. The SMILES string of the molecule is CCCC1CCC(N)C(CN(CC)CCO)C1. The lowest BCUT2D eigenvalue weighted by molar-refractivity contribution is 0.135. The first kappa shape index (κ1) is 14.9. The molecule has 0 aromatic carbocycles. The first-order valence-electron chi connectivity index (χ1n) is 7.30. The summed E-state index contributed by atoms with van der Waals surface area (Å²) in [4.78, 5) is 2.33. The van der Waals surface area contributed by atoms with Crippen LogP contribution >= 0.6 is 0 Å². The third kappa shape index (κ3) is 4.94. The van der Waals surface area contributed by atoms with Gasteiger partial charge in [0.05, 0.1) is 6.61 Å². The molecule has 0 aromatic heterocycles. The van der Waals surface area contributed by atoms with Crippen molar-refractivity contribution in [1.29, 1.82) is 0 Å². The zero-order chi connectivity index (χ0) is 12.7. The molecule has 0 saturated heterocycles. The second kappa shape index (κ2) is 8.06. The largest absolute Gasteiger partial charge is 0.395 e. The second-order valence-corrected chi connectivity index (χ2v) is 5.51. The summed E-state index contributed by atoms with van der Waals surface area (Å²) in [5.74, 6) is 1.52. The lowest BCUT2D eigenvalue weighted by atomic mass is 9.76. The van der Waals surface area contributed by atoms with Crippen molar-refractivity contribution in [3.8, 4) is 0 Å². The number of nitrogens with two attached hydrogens (primary N) is 1. The molecule has 3 unspecified atom stereocenters. The van der Waals surface area contributed by atoms with Gasteiger partial charge in [0, 0.05) is 19.1 Å². The molecule has 1 aliphatic rings. The van der Waals surface area contributed by atoms with Crippen LogP contribution in [0.1, 0.15) is 46.0 Å². The van der Waals surface area contributed by atoms with E-state index in [0.717, 1.165) is 25.6 Å². The van der Waals surface area contributed by atoms with Crippen LogP contribution in [0.2, 0.25) is 0 Å². The van der Waals surface area contributed by atoms with E-state index in [9.17, 15) is 0 Å². The van der Waals surface area contributed by atoms with Gasteiger partial charge < -0.3 is 15.7 Å². The highest BCUT2D eigenvalue weighted by atomic mass is 16.3. The maximum absolute atomic E-state index is 9.03. The van der Waals surface area contributed by atoms with Gasteiger partial charge in [0.15, 0.2) is 0 Å². The summed E-state index contributed by atoms with van der Waals surface area (Å²) in [7, 11) is 0. The first-order chi connectivity index (χ1) is 8.21. The van der Waals surface area contributed by atoms with Crippen molar-refractivity contribution < 1.29 is 5.11 Å². The third-order valence-corrected chi connectivity index (χ3v) is 4.20. The number of aliphatic hydroxyl groups excluding tert-OH is 1. The van der Waals surface area contributed by atoms with E-state index in [4.69, 9.17) is 10.8 Å². The topological polar surface area (TPSA) is 49.5 Å². The number of hydrogen-bond acceptors (Lipinski definition) is 3. The van der Waals surface area contributed by atoms with Crippen LogP contribution in [0.4, 0.5) is 0 Å². The van der Waals surface area contributed by atoms with Crippen molar-refractivity contribution in [1.82, 2.24) is 4.90 Å². The van der Waals surface area contributed by atoms with E-state index < -0.39 is 0 Å². The minimum Gasteiger partial charge on any atom is -0.395 e. The number of aliphatic hydroxyl groups is 1. The Labute approximate surface area is 106 Å². The molecule has 1 aliphatic carbocycles. The Morgan fingerprint density at radius 1 is 1.29 bits per heavy atom. The lowest BCUT2D eigenvalue weighted by Gasteiger charge is -2.37. The molecule has 0 aliphatic heterocycles. The molecule has 3 heteroatoms. The van der Waals surface area contributed by atoms with Crippen molar-refractivity contribution in [3.05, 3.63) is 0 Å². The number of hydrogen-bond donors (Lipinski definition) is 2. The molecule has 0 aromatic rings. The Bertz CT molecular complexity index is 199. The Balaban J connectivity index is 2.42. The van der Waals surface area contributed by atoms with Gasteiger partial charge in [-0.15, -0.1) is 0 Å². The summed E-state index contributed by atoms with van der Waals surface area (Å²) in [5.41, 5.74) is 6.25. The highest BCUT2D eigenvalue weighted by molar-refractivity contribution is 4.84. The quantitative estimate of drug-likeness (QED) is 0.716. The molecule has 1 fully saturated rings. The standard InChI is InChI=1S/C14H30N2O/c1-3-5-12-6-7-14(15)13(10-12)11-16(4-2)8-9-17/h12-14,17H,3-11,15H2,1-2H3. The van der Waals surface area contributed by atoms with Crippen LogP contribution in [0.5, 0.6) is 0 Å². The average molecular weight is 242 g/mol. The molecular weight excluding hydrogens is 212 g/mol. The van der Waals surface area contributed by atoms with Crippen LogP contribution in [0, 0.1) is 11.8 Å². The van der Waals surface area contributed by atoms with Gasteiger partial charge in [-0.25, -0.2) is 0 Å². The zero-order valence-corrected chi connectivity index (χ0v) is 11.6. The summed E-state index contributed by atoms with van der Waals surface area (Å²) in [5, 5.41) is 9.03. The molecule has 0 heterocycles. The molecule has 3 N–H and O–H groups in total. The van der Waals surface area contributed by atoms with Gasteiger partial charge in [-0.3, -0.25) is 0 Å². The zero-order valence-electron chi connectivity index (χ0n) is 11.6. The molecule has 1 rings (SSSR count). The van der Waals surface area contributed by atoms with E-state index in [2.05, 4.69) is 18.7 Å². The maximum atomic E-state index is 9.03. The fourth-order valence-corrected chi connectivity index (χ4v) is 3.12. The smallest absolute Gasteiger partial charge is 0.0558 e. The first-order valence-corrected chi connectivity index (χ1v) is 7.30. The van der Waals surface area contributed by atoms with Crippen LogP contribution < -0.4 is 5.73 Å². The Morgan fingerprint density at radius 2 is 2.06 bits per heavy atom. The molecular formula is C14H30N2O. The average Bonchev–Trinajstić information content (AvgIpc) is 2.33. The van der Waals surface area contributed by atoms with Gasteiger partial charge >= 0.3 is 0 Å². The fraction of sp³-hybridized carbons (Fsp3) is 1.00. The lowest BCUT2D eigenvalue weighted by Crippen LogP contribution is -2.43. The van der Waals surface area contributed by atoms with E-state index in [0.29, 0.717) is 12.0 Å².